The van der Waals surface area contributed by atoms with Crippen molar-refractivity contribution in [3.8, 4) is 5.75 Å². The normalized spacial score (nSPS) is 12.9. The van der Waals surface area contributed by atoms with Gasteiger partial charge in [-0.25, -0.2) is 3.97 Å². The van der Waals surface area contributed by atoms with Gasteiger partial charge in [-0.05, 0) is 30.5 Å². The standard InChI is InChI=1S/C22H38NO7PS/c1-3-5-6-7-8-9-10-11-20-12-14-21(15-13-20)27-18-22(17-26-16-4-2)28-19-31-30-32(24,25)29-23/h4,12-15,22,31H,2-3,5-11,16-19,23H2,1H3. The molecular formula is C22H38NO7PS. The van der Waals surface area contributed by atoms with Gasteiger partial charge in [0.05, 0.1) is 28.4 Å². The minimum Gasteiger partial charge on any atom is -0.491 e. The van der Waals surface area contributed by atoms with Gasteiger partial charge in [-0.15, -0.1) is 6.58 Å². The molecule has 0 aromatic heterocycles. The predicted molar refractivity (Wildman–Crippen MR) is 128 cm³/mol. The van der Waals surface area contributed by atoms with Crippen LogP contribution in [-0.4, -0.2) is 40.7 Å². The van der Waals surface area contributed by atoms with Gasteiger partial charge in [-0.2, -0.15) is 18.6 Å². The largest absolute Gasteiger partial charge is 0.491 e. The van der Waals surface area contributed by atoms with Crippen LogP contribution in [0.5, 0.6) is 5.75 Å². The second kappa shape index (κ2) is 18.4. The van der Waals surface area contributed by atoms with Crippen molar-refractivity contribution >= 4 is 19.2 Å². The number of ether oxygens (including phenoxy) is 3. The minimum atomic E-state index is -4.18. The maximum atomic E-state index is 11.1. The van der Waals surface area contributed by atoms with Crippen molar-refractivity contribution in [3.05, 3.63) is 42.5 Å². The van der Waals surface area contributed by atoms with E-state index in [-0.39, 0.29) is 19.6 Å². The third kappa shape index (κ3) is 14.9. The second-order valence-electron chi connectivity index (χ2n) is 7.32. The lowest BCUT2D eigenvalue weighted by Gasteiger charge is -2.18. The molecule has 0 aliphatic carbocycles. The molecule has 184 valence electrons. The van der Waals surface area contributed by atoms with Gasteiger partial charge in [0.25, 0.3) is 0 Å². The van der Waals surface area contributed by atoms with E-state index < -0.39 is 25.3 Å². The number of unbranched alkanes of at least 4 members (excludes halogenated alkanes) is 6. The summed E-state index contributed by atoms with van der Waals surface area (Å²) in [5, 5.41) is 0. The zero-order valence-electron chi connectivity index (χ0n) is 19.0. The molecule has 2 atom stereocenters. The molecule has 0 saturated carbocycles. The van der Waals surface area contributed by atoms with Crippen LogP contribution in [0.4, 0.5) is 0 Å². The third-order valence-corrected chi connectivity index (χ3v) is 6.43. The number of rotatable bonds is 21. The fourth-order valence-electron chi connectivity index (χ4n) is 2.92. The average molecular weight is 492 g/mol. The average Bonchev–Trinajstić information content (AvgIpc) is 2.80. The van der Waals surface area contributed by atoms with Crippen LogP contribution in [0.15, 0.2) is 36.9 Å². The maximum absolute atomic E-state index is 11.1. The highest BCUT2D eigenvalue weighted by molar-refractivity contribution is 7.85. The molecule has 0 spiro atoms. The van der Waals surface area contributed by atoms with Crippen LogP contribution in [0, 0.1) is 0 Å². The van der Waals surface area contributed by atoms with Crippen molar-refractivity contribution in [2.75, 3.05) is 26.2 Å². The van der Waals surface area contributed by atoms with E-state index in [0.29, 0.717) is 6.61 Å². The smallest absolute Gasteiger partial charge is 0.418 e. The number of hydrogen-bond acceptors (Lipinski definition) is 8. The van der Waals surface area contributed by atoms with Crippen LogP contribution >= 0.6 is 8.81 Å². The van der Waals surface area contributed by atoms with E-state index in [1.165, 1.54) is 50.5 Å². The van der Waals surface area contributed by atoms with E-state index >= 15 is 0 Å². The number of nitrogens with two attached hydrogens (primary N) is 1. The first kappa shape index (κ1) is 29.0. The first-order chi connectivity index (χ1) is 15.5. The highest BCUT2D eigenvalue weighted by Crippen LogP contribution is 2.19. The lowest BCUT2D eigenvalue weighted by molar-refractivity contribution is -0.0151. The van der Waals surface area contributed by atoms with Gasteiger partial charge in [-0.3, -0.25) is 0 Å². The first-order valence-electron chi connectivity index (χ1n) is 11.1. The van der Waals surface area contributed by atoms with Crippen molar-refractivity contribution in [2.24, 2.45) is 5.90 Å². The Balaban J connectivity index is 2.35. The van der Waals surface area contributed by atoms with E-state index in [1.807, 2.05) is 12.1 Å². The first-order valence-corrected chi connectivity index (χ1v) is 13.5. The Morgan fingerprint density at radius 1 is 1.06 bits per heavy atom. The SMILES string of the molecule is C=CCOCC(COc1ccc(CCCCCCCCC)cc1)OCPOS(=O)(=O)ON. The fourth-order valence-corrected chi connectivity index (χ4v) is 4.15. The molecular weight excluding hydrogens is 453 g/mol. The topological polar surface area (TPSA) is 106 Å². The van der Waals surface area contributed by atoms with Gasteiger partial charge in [0.1, 0.15) is 18.5 Å². The Labute approximate surface area is 194 Å². The molecule has 1 aromatic carbocycles. The summed E-state index contributed by atoms with van der Waals surface area (Å²) in [4.78, 5) is 0. The van der Waals surface area contributed by atoms with E-state index in [2.05, 4.69) is 39.8 Å². The van der Waals surface area contributed by atoms with Crippen LogP contribution in [0.3, 0.4) is 0 Å². The fraction of sp³-hybridized carbons (Fsp3) is 0.636. The van der Waals surface area contributed by atoms with Crippen LogP contribution in [-0.2, 0) is 34.5 Å². The van der Waals surface area contributed by atoms with E-state index in [9.17, 15) is 8.42 Å². The highest BCUT2D eigenvalue weighted by atomic mass is 32.3. The van der Waals surface area contributed by atoms with Crippen molar-refractivity contribution < 1.29 is 30.9 Å². The Bertz CT molecular complexity index is 701. The summed E-state index contributed by atoms with van der Waals surface area (Å²) in [6, 6.07) is 8.08. The highest BCUT2D eigenvalue weighted by Gasteiger charge is 2.14. The molecule has 8 nitrogen and oxygen atoms in total. The molecule has 2 unspecified atom stereocenters. The van der Waals surface area contributed by atoms with Gasteiger partial charge in [0, 0.05) is 0 Å². The van der Waals surface area contributed by atoms with Crippen LogP contribution < -0.4 is 10.6 Å². The molecule has 0 bridgehead atoms. The molecule has 1 rings (SSSR count). The Hall–Kier alpha value is -1.06. The summed E-state index contributed by atoms with van der Waals surface area (Å²) in [6.07, 6.45) is 11.4. The van der Waals surface area contributed by atoms with Crippen molar-refractivity contribution in [2.45, 2.75) is 64.4 Å². The monoisotopic (exact) mass is 491 g/mol. The van der Waals surface area contributed by atoms with Gasteiger partial charge in [0.15, 0.2) is 0 Å². The lowest BCUT2D eigenvalue weighted by atomic mass is 10.0. The number of hydrogen-bond donors (Lipinski definition) is 1. The number of benzene rings is 1. The zero-order chi connectivity index (χ0) is 23.5. The third-order valence-electron chi connectivity index (χ3n) is 4.62. The van der Waals surface area contributed by atoms with E-state index in [1.54, 1.807) is 6.08 Å². The Morgan fingerprint density at radius 2 is 1.75 bits per heavy atom. The molecule has 0 radical (unpaired) electrons. The van der Waals surface area contributed by atoms with Crippen LogP contribution in [0.1, 0.15) is 57.4 Å². The quantitative estimate of drug-likeness (QED) is 0.115. The molecule has 0 fully saturated rings. The Kier molecular flexibility index (Phi) is 16.6. The van der Waals surface area contributed by atoms with Crippen molar-refractivity contribution in [3.63, 3.8) is 0 Å². The van der Waals surface area contributed by atoms with E-state index in [0.717, 1.165) is 12.2 Å². The van der Waals surface area contributed by atoms with Gasteiger partial charge >= 0.3 is 10.4 Å². The van der Waals surface area contributed by atoms with Crippen LogP contribution in [0.2, 0.25) is 0 Å². The van der Waals surface area contributed by atoms with Gasteiger partial charge < -0.3 is 14.2 Å². The zero-order valence-corrected chi connectivity index (χ0v) is 20.8. The van der Waals surface area contributed by atoms with Gasteiger partial charge in [-0.1, -0.05) is 63.7 Å². The molecule has 0 heterocycles. The summed E-state index contributed by atoms with van der Waals surface area (Å²) < 4.78 is 47.2. The predicted octanol–water partition coefficient (Wildman–Crippen LogP) is 4.65. The molecule has 0 aliphatic rings. The summed E-state index contributed by atoms with van der Waals surface area (Å²) in [5.74, 6) is 5.35. The molecule has 1 aromatic rings. The minimum absolute atomic E-state index is 0.0332. The summed E-state index contributed by atoms with van der Waals surface area (Å²) in [7, 11) is -4.67. The molecule has 0 amide bonds. The molecule has 0 saturated heterocycles. The molecule has 2 N–H and O–H groups in total. The Morgan fingerprint density at radius 3 is 2.41 bits per heavy atom. The van der Waals surface area contributed by atoms with E-state index in [4.69, 9.17) is 14.2 Å². The van der Waals surface area contributed by atoms with Crippen LogP contribution in [0.25, 0.3) is 0 Å². The molecule has 10 heteroatoms. The summed E-state index contributed by atoms with van der Waals surface area (Å²) in [6.45, 7) is 6.74. The molecule has 32 heavy (non-hydrogen) atoms. The van der Waals surface area contributed by atoms with Gasteiger partial charge in [0.2, 0.25) is 0 Å². The summed E-state index contributed by atoms with van der Waals surface area (Å²) >= 11 is 0. The summed E-state index contributed by atoms with van der Waals surface area (Å²) in [5.41, 5.74) is 1.30. The van der Waals surface area contributed by atoms with Crippen molar-refractivity contribution in [1.82, 2.24) is 0 Å². The van der Waals surface area contributed by atoms with Crippen molar-refractivity contribution in [1.29, 1.82) is 0 Å². The number of aryl methyl sites for hydroxylation is 1. The second-order valence-corrected chi connectivity index (χ2v) is 9.57. The maximum Gasteiger partial charge on any atom is 0.418 e. The molecule has 0 aliphatic heterocycles. The lowest BCUT2D eigenvalue weighted by Crippen LogP contribution is -2.27.